The number of hydrogen-bond acceptors (Lipinski definition) is 3. The maximum absolute atomic E-state index is 12.3. The Morgan fingerprint density at radius 3 is 2.86 bits per heavy atom. The van der Waals surface area contributed by atoms with Gasteiger partial charge >= 0.3 is 0 Å². The SMILES string of the molecule is CCSC1CCCCN(C(=O)COc2ccc(Br)cc2)C1. The third-order valence-corrected chi connectivity index (χ3v) is 5.28. The summed E-state index contributed by atoms with van der Waals surface area (Å²) >= 11 is 5.35. The highest BCUT2D eigenvalue weighted by Crippen LogP contribution is 2.22. The molecule has 1 saturated heterocycles. The second-order valence-electron chi connectivity index (χ2n) is 5.16. The van der Waals surface area contributed by atoms with Gasteiger partial charge in [0, 0.05) is 22.8 Å². The minimum absolute atomic E-state index is 0.0986. The van der Waals surface area contributed by atoms with Gasteiger partial charge in [-0.15, -0.1) is 0 Å². The Bertz CT molecular complexity index is 452. The first-order valence-electron chi connectivity index (χ1n) is 7.46. The van der Waals surface area contributed by atoms with Crippen LogP contribution in [0.2, 0.25) is 0 Å². The molecule has 0 N–H and O–H groups in total. The van der Waals surface area contributed by atoms with E-state index >= 15 is 0 Å². The molecule has 2 rings (SSSR count). The zero-order valence-corrected chi connectivity index (χ0v) is 14.8. The van der Waals surface area contributed by atoms with Gasteiger partial charge in [0.05, 0.1) is 0 Å². The Balaban J connectivity index is 1.84. The molecule has 0 spiro atoms. The smallest absolute Gasteiger partial charge is 0.260 e. The van der Waals surface area contributed by atoms with Crippen LogP contribution in [-0.4, -0.2) is 41.5 Å². The molecular weight excluding hydrogens is 350 g/mol. The van der Waals surface area contributed by atoms with Gasteiger partial charge in [-0.05, 0) is 42.9 Å². The van der Waals surface area contributed by atoms with E-state index in [0.717, 1.165) is 35.5 Å². The molecule has 1 aromatic carbocycles. The number of nitrogens with zero attached hydrogens (tertiary/aromatic N) is 1. The number of carbonyl (C=O) groups excluding carboxylic acids is 1. The van der Waals surface area contributed by atoms with Crippen LogP contribution in [-0.2, 0) is 4.79 Å². The monoisotopic (exact) mass is 371 g/mol. The third kappa shape index (κ3) is 5.55. The Morgan fingerprint density at radius 1 is 1.38 bits per heavy atom. The summed E-state index contributed by atoms with van der Waals surface area (Å²) in [6, 6.07) is 7.57. The Morgan fingerprint density at radius 2 is 2.14 bits per heavy atom. The van der Waals surface area contributed by atoms with Crippen LogP contribution >= 0.6 is 27.7 Å². The highest BCUT2D eigenvalue weighted by molar-refractivity contribution is 9.10. The van der Waals surface area contributed by atoms with E-state index in [1.807, 2.05) is 40.9 Å². The van der Waals surface area contributed by atoms with Crippen LogP contribution in [0.1, 0.15) is 26.2 Å². The number of likely N-dealkylation sites (tertiary alicyclic amines) is 1. The lowest BCUT2D eigenvalue weighted by atomic mass is 10.2. The van der Waals surface area contributed by atoms with Gasteiger partial charge < -0.3 is 9.64 Å². The van der Waals surface area contributed by atoms with E-state index in [1.54, 1.807) is 0 Å². The summed E-state index contributed by atoms with van der Waals surface area (Å²) in [5.41, 5.74) is 0. The number of amides is 1. The molecule has 116 valence electrons. The van der Waals surface area contributed by atoms with Crippen molar-refractivity contribution in [2.45, 2.75) is 31.4 Å². The van der Waals surface area contributed by atoms with Crippen LogP contribution in [0.15, 0.2) is 28.7 Å². The summed E-state index contributed by atoms with van der Waals surface area (Å²) in [4.78, 5) is 14.3. The number of thioether (sulfide) groups is 1. The number of benzene rings is 1. The second kappa shape index (κ2) is 8.69. The van der Waals surface area contributed by atoms with Crippen molar-refractivity contribution in [1.82, 2.24) is 4.90 Å². The minimum Gasteiger partial charge on any atom is -0.484 e. The Labute approximate surface area is 139 Å². The van der Waals surface area contributed by atoms with Gasteiger partial charge in [0.25, 0.3) is 5.91 Å². The van der Waals surface area contributed by atoms with Crippen LogP contribution in [0.3, 0.4) is 0 Å². The lowest BCUT2D eigenvalue weighted by Gasteiger charge is -2.24. The average molecular weight is 372 g/mol. The van der Waals surface area contributed by atoms with Gasteiger partial charge in [-0.3, -0.25) is 4.79 Å². The van der Waals surface area contributed by atoms with E-state index in [1.165, 1.54) is 12.8 Å². The average Bonchev–Trinajstić information content (AvgIpc) is 2.72. The van der Waals surface area contributed by atoms with E-state index in [-0.39, 0.29) is 12.5 Å². The van der Waals surface area contributed by atoms with E-state index in [0.29, 0.717) is 5.25 Å². The van der Waals surface area contributed by atoms with Crippen molar-refractivity contribution >= 4 is 33.6 Å². The first-order valence-corrected chi connectivity index (χ1v) is 9.31. The maximum Gasteiger partial charge on any atom is 0.260 e. The molecule has 3 nitrogen and oxygen atoms in total. The summed E-state index contributed by atoms with van der Waals surface area (Å²) in [5.74, 6) is 1.95. The lowest BCUT2D eigenvalue weighted by molar-refractivity contribution is -0.133. The van der Waals surface area contributed by atoms with Crippen LogP contribution in [0, 0.1) is 0 Å². The van der Waals surface area contributed by atoms with Gasteiger partial charge in [-0.1, -0.05) is 29.3 Å². The van der Waals surface area contributed by atoms with Crippen molar-refractivity contribution in [3.8, 4) is 5.75 Å². The van der Waals surface area contributed by atoms with Crippen molar-refractivity contribution in [2.75, 3.05) is 25.4 Å². The van der Waals surface area contributed by atoms with Crippen molar-refractivity contribution in [1.29, 1.82) is 0 Å². The van der Waals surface area contributed by atoms with Gasteiger partial charge in [0.2, 0.25) is 0 Å². The van der Waals surface area contributed by atoms with E-state index in [2.05, 4.69) is 22.9 Å². The highest BCUT2D eigenvalue weighted by atomic mass is 79.9. The van der Waals surface area contributed by atoms with Gasteiger partial charge in [0.15, 0.2) is 6.61 Å². The maximum atomic E-state index is 12.3. The molecule has 1 atom stereocenters. The van der Waals surface area contributed by atoms with Crippen LogP contribution in [0.4, 0.5) is 0 Å². The molecule has 5 heteroatoms. The van der Waals surface area contributed by atoms with Crippen LogP contribution < -0.4 is 4.74 Å². The van der Waals surface area contributed by atoms with E-state index in [4.69, 9.17) is 4.74 Å². The normalized spacial score (nSPS) is 19.1. The molecule has 1 unspecified atom stereocenters. The van der Waals surface area contributed by atoms with Gasteiger partial charge in [0.1, 0.15) is 5.75 Å². The van der Waals surface area contributed by atoms with Crippen LogP contribution in [0.25, 0.3) is 0 Å². The van der Waals surface area contributed by atoms with Crippen molar-refractivity contribution in [3.05, 3.63) is 28.7 Å². The highest BCUT2D eigenvalue weighted by Gasteiger charge is 2.22. The standard InChI is InChI=1S/C16H22BrNO2S/c1-2-21-15-5-3-4-10-18(11-15)16(19)12-20-14-8-6-13(17)7-9-14/h6-9,15H,2-5,10-12H2,1H3. The number of carbonyl (C=O) groups is 1. The summed E-state index contributed by atoms with van der Waals surface area (Å²) < 4.78 is 6.60. The third-order valence-electron chi connectivity index (χ3n) is 3.56. The Hall–Kier alpha value is -0.680. The molecule has 1 aliphatic rings. The molecule has 1 amide bonds. The molecule has 1 aromatic rings. The number of ether oxygens (including phenoxy) is 1. The molecule has 1 aliphatic heterocycles. The predicted octanol–water partition coefficient (Wildman–Crippen LogP) is 3.96. The fourth-order valence-electron chi connectivity index (χ4n) is 2.47. The predicted molar refractivity (Wildman–Crippen MR) is 92.0 cm³/mol. The molecule has 0 aliphatic carbocycles. The van der Waals surface area contributed by atoms with Crippen LogP contribution in [0.5, 0.6) is 5.75 Å². The van der Waals surface area contributed by atoms with Gasteiger partial charge in [-0.25, -0.2) is 0 Å². The molecule has 0 radical (unpaired) electrons. The lowest BCUT2D eigenvalue weighted by Crippen LogP contribution is -2.38. The summed E-state index contributed by atoms with van der Waals surface area (Å²) in [5, 5.41) is 0.578. The number of rotatable bonds is 5. The summed E-state index contributed by atoms with van der Waals surface area (Å²) in [6.45, 7) is 4.04. The molecule has 21 heavy (non-hydrogen) atoms. The zero-order valence-electron chi connectivity index (χ0n) is 12.4. The fraction of sp³-hybridized carbons (Fsp3) is 0.562. The molecule has 1 fully saturated rings. The van der Waals surface area contributed by atoms with Crippen molar-refractivity contribution in [2.24, 2.45) is 0 Å². The molecule has 0 aromatic heterocycles. The number of hydrogen-bond donors (Lipinski definition) is 0. The molecule has 0 saturated carbocycles. The zero-order chi connectivity index (χ0) is 15.1. The molecular formula is C16H22BrNO2S. The first kappa shape index (κ1) is 16.7. The first-order chi connectivity index (χ1) is 10.2. The van der Waals surface area contributed by atoms with Gasteiger partial charge in [-0.2, -0.15) is 11.8 Å². The van der Waals surface area contributed by atoms with Crippen molar-refractivity contribution < 1.29 is 9.53 Å². The van der Waals surface area contributed by atoms with E-state index in [9.17, 15) is 4.79 Å². The minimum atomic E-state index is 0.0986. The fourth-order valence-corrected chi connectivity index (χ4v) is 3.82. The summed E-state index contributed by atoms with van der Waals surface area (Å²) in [6.07, 6.45) is 3.54. The topological polar surface area (TPSA) is 29.5 Å². The largest absolute Gasteiger partial charge is 0.484 e. The molecule has 0 bridgehead atoms. The summed E-state index contributed by atoms with van der Waals surface area (Å²) in [7, 11) is 0. The Kier molecular flexibility index (Phi) is 6.90. The molecule has 1 heterocycles. The quantitative estimate of drug-likeness (QED) is 0.784. The van der Waals surface area contributed by atoms with E-state index < -0.39 is 0 Å². The van der Waals surface area contributed by atoms with Crippen molar-refractivity contribution in [3.63, 3.8) is 0 Å². The number of halogens is 1. The second-order valence-corrected chi connectivity index (χ2v) is 7.65.